The fourth-order valence-corrected chi connectivity index (χ4v) is 4.20. The van der Waals surface area contributed by atoms with Gasteiger partial charge in [-0.15, -0.1) is 0 Å². The van der Waals surface area contributed by atoms with E-state index in [2.05, 4.69) is 5.32 Å². The molecule has 0 aliphatic carbocycles. The van der Waals surface area contributed by atoms with Crippen LogP contribution in [0.15, 0.2) is 47.4 Å². The maximum Gasteiger partial charge on any atom is 0.243 e. The molecule has 0 fully saturated rings. The molecule has 1 amide bonds. The van der Waals surface area contributed by atoms with Crippen molar-refractivity contribution in [3.05, 3.63) is 58.9 Å². The minimum absolute atomic E-state index is 0.0147. The molecule has 6 nitrogen and oxygen atoms in total. The van der Waals surface area contributed by atoms with E-state index in [-0.39, 0.29) is 29.9 Å². The number of carbonyl (C=O) groups is 1. The van der Waals surface area contributed by atoms with Gasteiger partial charge in [0.05, 0.1) is 11.4 Å². The second-order valence-corrected chi connectivity index (χ2v) is 9.46. The predicted octanol–water partition coefficient (Wildman–Crippen LogP) is 3.58. The number of benzene rings is 2. The average molecular weight is 442 g/mol. The smallest absolute Gasteiger partial charge is 0.243 e. The molecule has 158 valence electrons. The zero-order valence-electron chi connectivity index (χ0n) is 16.8. The molecule has 0 saturated heterocycles. The molecule has 9 heteroatoms. The lowest BCUT2D eigenvalue weighted by atomic mass is 10.2. The molecule has 0 aliphatic heterocycles. The van der Waals surface area contributed by atoms with Crippen LogP contribution in [-0.4, -0.2) is 50.2 Å². The van der Waals surface area contributed by atoms with Gasteiger partial charge >= 0.3 is 0 Å². The van der Waals surface area contributed by atoms with Gasteiger partial charge in [-0.3, -0.25) is 9.69 Å². The molecule has 0 aromatic heterocycles. The number of carbonyl (C=O) groups excluding carboxylic acids is 1. The Bertz CT molecular complexity index is 945. The highest BCUT2D eigenvalue weighted by molar-refractivity contribution is 7.89. The number of amides is 1. The Hall–Kier alpha value is -2.00. The van der Waals surface area contributed by atoms with E-state index in [9.17, 15) is 17.6 Å². The van der Waals surface area contributed by atoms with Gasteiger partial charge in [0, 0.05) is 35.9 Å². The lowest BCUT2D eigenvalue weighted by Crippen LogP contribution is -2.33. The number of hydrogen-bond donors (Lipinski definition) is 1. The summed E-state index contributed by atoms with van der Waals surface area (Å²) in [7, 11) is -0.379. The van der Waals surface area contributed by atoms with Crippen LogP contribution < -0.4 is 5.32 Å². The van der Waals surface area contributed by atoms with Crippen LogP contribution in [0.5, 0.6) is 0 Å². The van der Waals surface area contributed by atoms with E-state index >= 15 is 0 Å². The number of nitrogens with zero attached hydrogens (tertiary/aromatic N) is 2. The first kappa shape index (κ1) is 23.3. The van der Waals surface area contributed by atoms with Crippen molar-refractivity contribution in [2.24, 2.45) is 0 Å². The van der Waals surface area contributed by atoms with Crippen molar-refractivity contribution in [2.45, 2.75) is 31.3 Å². The normalized spacial score (nSPS) is 12.0. The first-order chi connectivity index (χ1) is 13.5. The zero-order chi connectivity index (χ0) is 21.8. The third kappa shape index (κ3) is 5.99. The first-order valence-electron chi connectivity index (χ1n) is 9.01. The second-order valence-electron chi connectivity index (χ2n) is 7.06. The maximum atomic E-state index is 13.9. The van der Waals surface area contributed by atoms with E-state index in [1.807, 2.05) is 0 Å². The van der Waals surface area contributed by atoms with Gasteiger partial charge in [0.2, 0.25) is 15.9 Å². The molecule has 29 heavy (non-hydrogen) atoms. The van der Waals surface area contributed by atoms with Crippen LogP contribution in [0.25, 0.3) is 0 Å². The highest BCUT2D eigenvalue weighted by Gasteiger charge is 2.23. The van der Waals surface area contributed by atoms with Crippen LogP contribution in [0, 0.1) is 5.82 Å². The standard InChI is InChI=1S/C20H25ClFN3O3S/c1-14(2)25(4)29(27,28)16-10-8-15(9-11-16)23-20(26)13-24(3)12-17-18(21)6-5-7-19(17)22/h5-11,14H,12-13H2,1-4H3,(H,23,26). The number of hydrogen-bond acceptors (Lipinski definition) is 4. The molecule has 2 aromatic rings. The highest BCUT2D eigenvalue weighted by atomic mass is 35.5. The van der Waals surface area contributed by atoms with Crippen molar-refractivity contribution in [1.82, 2.24) is 9.21 Å². The third-order valence-electron chi connectivity index (χ3n) is 4.45. The monoisotopic (exact) mass is 441 g/mol. The fraction of sp³-hybridized carbons (Fsp3) is 0.350. The van der Waals surface area contributed by atoms with Gasteiger partial charge in [0.1, 0.15) is 5.82 Å². The van der Waals surface area contributed by atoms with Crippen molar-refractivity contribution in [2.75, 3.05) is 26.0 Å². The second kappa shape index (κ2) is 9.67. The molecule has 0 spiro atoms. The molecule has 0 radical (unpaired) electrons. The Morgan fingerprint density at radius 3 is 2.31 bits per heavy atom. The number of halogens is 2. The molecule has 1 N–H and O–H groups in total. The van der Waals surface area contributed by atoms with E-state index in [4.69, 9.17) is 11.6 Å². The Balaban J connectivity index is 1.99. The molecule has 2 aromatic carbocycles. The van der Waals surface area contributed by atoms with Crippen LogP contribution in [0.1, 0.15) is 19.4 Å². The van der Waals surface area contributed by atoms with E-state index < -0.39 is 15.8 Å². The third-order valence-corrected chi connectivity index (χ3v) is 6.85. The van der Waals surface area contributed by atoms with Crippen LogP contribution in [-0.2, 0) is 21.4 Å². The van der Waals surface area contributed by atoms with Crippen molar-refractivity contribution >= 4 is 33.2 Å². The Morgan fingerprint density at radius 1 is 1.14 bits per heavy atom. The number of nitrogens with one attached hydrogen (secondary N) is 1. The van der Waals surface area contributed by atoms with E-state index in [1.165, 1.54) is 47.8 Å². The maximum absolute atomic E-state index is 13.9. The topological polar surface area (TPSA) is 69.7 Å². The molecule has 0 atom stereocenters. The van der Waals surface area contributed by atoms with E-state index in [0.717, 1.165) is 0 Å². The van der Waals surface area contributed by atoms with Gasteiger partial charge < -0.3 is 5.32 Å². The van der Waals surface area contributed by atoms with Crippen molar-refractivity contribution < 1.29 is 17.6 Å². The summed E-state index contributed by atoms with van der Waals surface area (Å²) in [5, 5.41) is 3.01. The van der Waals surface area contributed by atoms with Crippen LogP contribution in [0.2, 0.25) is 5.02 Å². The van der Waals surface area contributed by atoms with Gasteiger partial charge in [-0.05, 0) is 57.3 Å². The summed E-state index contributed by atoms with van der Waals surface area (Å²) < 4.78 is 40.1. The summed E-state index contributed by atoms with van der Waals surface area (Å²) in [5.74, 6) is -0.734. The molecule has 0 unspecified atom stereocenters. The number of sulfonamides is 1. The predicted molar refractivity (Wildman–Crippen MR) is 113 cm³/mol. The summed E-state index contributed by atoms with van der Waals surface area (Å²) in [6, 6.07) is 10.2. The number of anilines is 1. The molecule has 0 saturated carbocycles. The molecular weight excluding hydrogens is 417 g/mol. The Kier molecular flexibility index (Phi) is 7.76. The van der Waals surface area contributed by atoms with Crippen LogP contribution >= 0.6 is 11.6 Å². The average Bonchev–Trinajstić information content (AvgIpc) is 2.64. The molecule has 2 rings (SSSR count). The van der Waals surface area contributed by atoms with Crippen molar-refractivity contribution in [3.63, 3.8) is 0 Å². The number of likely N-dealkylation sites (N-methyl/N-ethyl adjacent to an activating group) is 1. The molecular formula is C20H25ClFN3O3S. The quantitative estimate of drug-likeness (QED) is 0.679. The largest absolute Gasteiger partial charge is 0.325 e. The van der Waals surface area contributed by atoms with Crippen molar-refractivity contribution in [3.8, 4) is 0 Å². The Labute approximate surface area is 176 Å². The molecule has 0 heterocycles. The van der Waals surface area contributed by atoms with Gasteiger partial charge in [-0.25, -0.2) is 12.8 Å². The summed E-state index contributed by atoms with van der Waals surface area (Å²) in [5.41, 5.74) is 0.798. The van der Waals surface area contributed by atoms with Gasteiger partial charge in [0.25, 0.3) is 0 Å². The van der Waals surface area contributed by atoms with E-state index in [1.54, 1.807) is 31.9 Å². The van der Waals surface area contributed by atoms with Gasteiger partial charge in [-0.1, -0.05) is 17.7 Å². The number of rotatable bonds is 8. The lowest BCUT2D eigenvalue weighted by molar-refractivity contribution is -0.117. The minimum Gasteiger partial charge on any atom is -0.325 e. The molecule has 0 aliphatic rings. The fourth-order valence-electron chi connectivity index (χ4n) is 2.61. The van der Waals surface area contributed by atoms with Crippen molar-refractivity contribution in [1.29, 1.82) is 0 Å². The SMILES string of the molecule is CC(C)N(C)S(=O)(=O)c1ccc(NC(=O)CN(C)Cc2c(F)cccc2Cl)cc1. The van der Waals surface area contributed by atoms with E-state index in [0.29, 0.717) is 16.3 Å². The minimum atomic E-state index is -3.58. The Morgan fingerprint density at radius 2 is 1.76 bits per heavy atom. The first-order valence-corrected chi connectivity index (χ1v) is 10.8. The van der Waals surface area contributed by atoms with Crippen LogP contribution in [0.3, 0.4) is 0 Å². The van der Waals surface area contributed by atoms with Crippen LogP contribution in [0.4, 0.5) is 10.1 Å². The summed E-state index contributed by atoms with van der Waals surface area (Å²) in [4.78, 5) is 14.0. The summed E-state index contributed by atoms with van der Waals surface area (Å²) >= 11 is 6.01. The van der Waals surface area contributed by atoms with Gasteiger partial charge in [0.15, 0.2) is 0 Å². The zero-order valence-corrected chi connectivity index (χ0v) is 18.4. The lowest BCUT2D eigenvalue weighted by Gasteiger charge is -2.21. The summed E-state index contributed by atoms with van der Waals surface area (Å²) in [6.45, 7) is 3.77. The van der Waals surface area contributed by atoms with Gasteiger partial charge in [-0.2, -0.15) is 4.31 Å². The molecule has 0 bridgehead atoms. The highest BCUT2D eigenvalue weighted by Crippen LogP contribution is 2.21. The summed E-state index contributed by atoms with van der Waals surface area (Å²) in [6.07, 6.45) is 0.